The normalized spacial score (nSPS) is 27.1. The van der Waals surface area contributed by atoms with E-state index >= 15 is 0 Å². The van der Waals surface area contributed by atoms with Crippen LogP contribution in [0.25, 0.3) is 0 Å². The van der Waals surface area contributed by atoms with Crippen molar-refractivity contribution in [2.45, 2.75) is 50.9 Å². The molecule has 5 N–H and O–H groups in total. The lowest BCUT2D eigenvalue weighted by molar-refractivity contribution is -0.234. The fourth-order valence-corrected chi connectivity index (χ4v) is 4.40. The molecule has 0 aromatic carbocycles. The second-order valence-corrected chi connectivity index (χ2v) is 10.0. The highest BCUT2D eigenvalue weighted by Crippen LogP contribution is 2.30. The van der Waals surface area contributed by atoms with Gasteiger partial charge in [-0.3, -0.25) is 18.5 Å². The Labute approximate surface area is 188 Å². The summed E-state index contributed by atoms with van der Waals surface area (Å²) < 4.78 is 114. The van der Waals surface area contributed by atoms with Crippen molar-refractivity contribution in [1.82, 2.24) is 5.32 Å². The van der Waals surface area contributed by atoms with Gasteiger partial charge in [0.2, 0.25) is 12.2 Å². The van der Waals surface area contributed by atoms with Crippen LogP contribution in [0, 0.1) is 0 Å². The van der Waals surface area contributed by atoms with Crippen molar-refractivity contribution in [3.8, 4) is 0 Å². The summed E-state index contributed by atoms with van der Waals surface area (Å²) in [5, 5.41) is 11.1. The molecule has 20 heteroatoms. The minimum atomic E-state index is -5.47. The lowest BCUT2D eigenvalue weighted by atomic mass is 9.97. The van der Waals surface area contributed by atoms with Crippen LogP contribution >= 0.6 is 0 Å². The number of ether oxygens (including phenoxy) is 2. The molecule has 0 saturated carbocycles. The van der Waals surface area contributed by atoms with Crippen LogP contribution in [0.4, 0.5) is 0 Å². The van der Waals surface area contributed by atoms with Crippen molar-refractivity contribution in [3.63, 3.8) is 0 Å². The second kappa shape index (κ2) is 11.0. The third-order valence-electron chi connectivity index (χ3n) is 3.86. The zero-order valence-corrected chi connectivity index (χ0v) is 19.2. The predicted molar refractivity (Wildman–Crippen MR) is 103 cm³/mol. The quantitative estimate of drug-likeness (QED) is 0.106. The highest BCUT2D eigenvalue weighted by atomic mass is 32.3. The Bertz CT molecular complexity index is 1080. The maximum atomic E-state index is 11.6. The number of carbonyl (C=O) groups is 2. The fourth-order valence-electron chi connectivity index (χ4n) is 2.69. The Hall–Kier alpha value is -1.91. The molecule has 1 saturated heterocycles. The molecule has 0 radical (unpaired) electrons. The van der Waals surface area contributed by atoms with E-state index in [0.717, 1.165) is 6.92 Å². The van der Waals surface area contributed by atoms with Crippen LogP contribution in [0.1, 0.15) is 20.3 Å². The molecule has 5 atom stereocenters. The second-order valence-electron chi connectivity index (χ2n) is 6.43. The van der Waals surface area contributed by atoms with Gasteiger partial charge in [0.1, 0.15) is 30.1 Å². The first-order valence-electron chi connectivity index (χ1n) is 8.60. The number of carboxylic acids is 1. The van der Waals surface area contributed by atoms with E-state index < -0.39 is 79.2 Å². The summed E-state index contributed by atoms with van der Waals surface area (Å²) in [5.74, 6) is -3.86. The molecule has 0 aromatic heterocycles. The molecule has 1 aliphatic heterocycles. The third kappa shape index (κ3) is 10.3. The molecule has 33 heavy (non-hydrogen) atoms. The molecule has 1 fully saturated rings. The zero-order chi connectivity index (χ0) is 25.8. The van der Waals surface area contributed by atoms with Crippen LogP contribution < -0.4 is 5.32 Å². The van der Waals surface area contributed by atoms with Crippen LogP contribution in [0.5, 0.6) is 0 Å². The summed E-state index contributed by atoms with van der Waals surface area (Å²) in [4.78, 5) is 22.8. The lowest BCUT2D eigenvalue weighted by Gasteiger charge is -2.43. The zero-order valence-electron chi connectivity index (χ0n) is 16.8. The monoisotopic (exact) mass is 543 g/mol. The Morgan fingerprint density at radius 2 is 1.52 bits per heavy atom. The molecule has 1 heterocycles. The first-order chi connectivity index (χ1) is 14.8. The average Bonchev–Trinajstić information content (AvgIpc) is 2.57. The molecular weight excluding hydrogens is 522 g/mol. The molecule has 1 rings (SSSR count). The molecule has 0 spiro atoms. The van der Waals surface area contributed by atoms with Crippen LogP contribution in [-0.4, -0.2) is 92.3 Å². The van der Waals surface area contributed by atoms with Crippen LogP contribution in [0.15, 0.2) is 11.8 Å². The standard InChI is InChI=1S/C13H21NO16S3/c1-3-7(12(16)17)4-27-13-9(14-6(2)15)11(30-33(24,25)26)10(29-32(21,22)23)8(28-13)5-31(18,19)20/h4,8-11,13H,3,5H2,1-2H3,(H,14,15)(H,16,17)(H,18,19,20)(H,21,22,23)(H,24,25,26)/t8?,9?,10?,11?,13-/m0/s1. The molecule has 17 nitrogen and oxygen atoms in total. The number of aliphatic carboxylic acids is 1. The molecule has 4 unspecified atom stereocenters. The number of rotatable bonds is 11. The third-order valence-corrected chi connectivity index (χ3v) is 5.54. The van der Waals surface area contributed by atoms with Gasteiger partial charge in [0.15, 0.2) is 0 Å². The van der Waals surface area contributed by atoms with Crippen molar-refractivity contribution in [3.05, 3.63) is 11.8 Å². The summed E-state index contributed by atoms with van der Waals surface area (Å²) in [6.45, 7) is 2.31. The topological polar surface area (TPSA) is 266 Å². The van der Waals surface area contributed by atoms with Gasteiger partial charge in [0.05, 0.1) is 11.8 Å². The number of carbonyl (C=O) groups excluding carboxylic acids is 1. The summed E-state index contributed by atoms with van der Waals surface area (Å²) in [7, 11) is -15.9. The maximum absolute atomic E-state index is 11.6. The van der Waals surface area contributed by atoms with E-state index in [4.69, 9.17) is 28.2 Å². The number of hydrogen-bond acceptors (Lipinski definition) is 12. The Morgan fingerprint density at radius 3 is 1.91 bits per heavy atom. The average molecular weight is 544 g/mol. The van der Waals surface area contributed by atoms with E-state index in [9.17, 15) is 34.8 Å². The van der Waals surface area contributed by atoms with Gasteiger partial charge in [-0.1, -0.05) is 6.92 Å². The van der Waals surface area contributed by atoms with Gasteiger partial charge in [-0.15, -0.1) is 0 Å². The highest BCUT2D eigenvalue weighted by Gasteiger charge is 2.53. The lowest BCUT2D eigenvalue weighted by Crippen LogP contribution is -2.66. The molecule has 0 aromatic rings. The van der Waals surface area contributed by atoms with Crippen LogP contribution in [-0.2, 0) is 58.3 Å². The Morgan fingerprint density at radius 1 is 1.00 bits per heavy atom. The fraction of sp³-hybridized carbons (Fsp3) is 0.692. The van der Waals surface area contributed by atoms with Crippen molar-refractivity contribution in [2.24, 2.45) is 0 Å². The Kier molecular flexibility index (Phi) is 9.72. The minimum Gasteiger partial charge on any atom is -0.478 e. The first-order valence-corrected chi connectivity index (χ1v) is 12.9. The van der Waals surface area contributed by atoms with E-state index in [-0.39, 0.29) is 12.0 Å². The molecule has 1 aliphatic rings. The Balaban J connectivity index is 3.64. The summed E-state index contributed by atoms with van der Waals surface area (Å²) in [6, 6.07) is -1.91. The van der Waals surface area contributed by atoms with Gasteiger partial charge in [-0.2, -0.15) is 25.3 Å². The molecule has 0 bridgehead atoms. The van der Waals surface area contributed by atoms with E-state index in [1.807, 2.05) is 5.32 Å². The molecule has 0 aliphatic carbocycles. The largest absolute Gasteiger partial charge is 0.478 e. The van der Waals surface area contributed by atoms with Crippen LogP contribution in [0.2, 0.25) is 0 Å². The minimum absolute atomic E-state index is 0.0965. The number of carboxylic acid groups (broad SMARTS) is 1. The molecular formula is C13H21NO16S3. The summed E-state index contributed by atoms with van der Waals surface area (Å²) >= 11 is 0. The first kappa shape index (κ1) is 29.1. The van der Waals surface area contributed by atoms with Gasteiger partial charge in [0, 0.05) is 6.92 Å². The van der Waals surface area contributed by atoms with E-state index in [1.165, 1.54) is 6.92 Å². The number of hydrogen-bond donors (Lipinski definition) is 5. The summed E-state index contributed by atoms with van der Waals surface area (Å²) in [6.07, 6.45) is -8.38. The smallest absolute Gasteiger partial charge is 0.397 e. The predicted octanol–water partition coefficient (Wildman–Crippen LogP) is -2.13. The maximum Gasteiger partial charge on any atom is 0.397 e. The van der Waals surface area contributed by atoms with Gasteiger partial charge >= 0.3 is 26.8 Å². The highest BCUT2D eigenvalue weighted by molar-refractivity contribution is 7.85. The van der Waals surface area contributed by atoms with Crippen molar-refractivity contribution in [1.29, 1.82) is 0 Å². The van der Waals surface area contributed by atoms with E-state index in [2.05, 4.69) is 8.37 Å². The molecule has 1 amide bonds. The SMILES string of the molecule is CCC(=CO[C@H]1OC(CS(=O)(=O)O)C(OS(=O)(=O)O)C(OS(=O)(=O)O)C1NC(C)=O)C(=O)O. The summed E-state index contributed by atoms with van der Waals surface area (Å²) in [5.41, 5.74) is -0.366. The van der Waals surface area contributed by atoms with Crippen molar-refractivity contribution >= 4 is 42.8 Å². The van der Waals surface area contributed by atoms with Gasteiger partial charge < -0.3 is 19.9 Å². The number of amides is 1. The van der Waals surface area contributed by atoms with Gasteiger partial charge in [0.25, 0.3) is 10.1 Å². The number of nitrogens with one attached hydrogen (secondary N) is 1. The van der Waals surface area contributed by atoms with Gasteiger partial charge in [-0.25, -0.2) is 13.2 Å². The van der Waals surface area contributed by atoms with Crippen molar-refractivity contribution in [2.75, 3.05) is 5.75 Å². The van der Waals surface area contributed by atoms with E-state index in [1.54, 1.807) is 0 Å². The van der Waals surface area contributed by atoms with E-state index in [0.29, 0.717) is 6.26 Å². The molecule has 192 valence electrons. The van der Waals surface area contributed by atoms with Crippen LogP contribution in [0.3, 0.4) is 0 Å². The van der Waals surface area contributed by atoms with Crippen molar-refractivity contribution < 1.29 is 71.4 Å². The van der Waals surface area contributed by atoms with Gasteiger partial charge in [-0.05, 0) is 6.42 Å².